The van der Waals surface area contributed by atoms with Gasteiger partial charge < -0.3 is 19.8 Å². The molecular weight excluding hydrogens is 374 g/mol. The molecule has 1 amide bonds. The van der Waals surface area contributed by atoms with Crippen molar-refractivity contribution in [3.63, 3.8) is 0 Å². The monoisotopic (exact) mass is 407 g/mol. The number of benzene rings is 1. The van der Waals surface area contributed by atoms with E-state index in [9.17, 15) is 4.79 Å². The zero-order chi connectivity index (χ0) is 20.0. The van der Waals surface area contributed by atoms with E-state index < -0.39 is 0 Å². The van der Waals surface area contributed by atoms with Crippen molar-refractivity contribution in [2.75, 3.05) is 57.3 Å². The van der Waals surface area contributed by atoms with Gasteiger partial charge in [-0.1, -0.05) is 24.6 Å². The summed E-state index contributed by atoms with van der Waals surface area (Å²) in [5, 5.41) is 9.63. The molecule has 1 N–H and O–H groups in total. The fraction of sp³-hybridized carbons (Fsp3) is 0.682. The average molecular weight is 408 g/mol. The fourth-order valence-electron chi connectivity index (χ4n) is 4.18. The Morgan fingerprint density at radius 1 is 1.07 bits per heavy atom. The first-order chi connectivity index (χ1) is 13.5. The first-order valence-electron chi connectivity index (χ1n) is 10.7. The van der Waals surface area contributed by atoms with Crippen molar-refractivity contribution in [1.82, 2.24) is 9.80 Å². The highest BCUT2D eigenvalue weighted by Crippen LogP contribution is 2.53. The third kappa shape index (κ3) is 5.85. The van der Waals surface area contributed by atoms with Crippen molar-refractivity contribution in [3.05, 3.63) is 29.3 Å². The van der Waals surface area contributed by atoms with Crippen molar-refractivity contribution < 1.29 is 9.90 Å². The normalized spacial score (nSPS) is 21.9. The number of hydrogen-bond donors (Lipinski definition) is 1. The lowest BCUT2D eigenvalue weighted by Gasteiger charge is -2.30. The third-order valence-corrected chi connectivity index (χ3v) is 6.69. The number of hydrogen-bond acceptors (Lipinski definition) is 4. The number of carbonyl (C=O) groups is 1. The standard InChI is InChI=1S/C13H17ClN2O2.C9H17N/c14-11-2-1-3-12(10-11)15-5-4-13(18)16(7-6-15)8-9-17;1-2-10-7-5-9(3-4-9)6-8-10/h1-3,10,17H,4-9H2;2-8H2,1H3. The van der Waals surface area contributed by atoms with E-state index in [0.29, 0.717) is 31.1 Å². The molecule has 2 heterocycles. The van der Waals surface area contributed by atoms with Gasteiger partial charge in [0.25, 0.3) is 0 Å². The Kier molecular flexibility index (Phi) is 7.61. The summed E-state index contributed by atoms with van der Waals surface area (Å²) < 4.78 is 0. The minimum Gasteiger partial charge on any atom is -0.395 e. The van der Waals surface area contributed by atoms with Gasteiger partial charge in [0.15, 0.2) is 0 Å². The number of amides is 1. The molecule has 5 nitrogen and oxygen atoms in total. The molecule has 2 aliphatic heterocycles. The molecule has 6 heteroatoms. The van der Waals surface area contributed by atoms with E-state index in [-0.39, 0.29) is 12.5 Å². The lowest BCUT2D eigenvalue weighted by atomic mass is 9.94. The van der Waals surface area contributed by atoms with Crippen molar-refractivity contribution in [2.24, 2.45) is 5.41 Å². The summed E-state index contributed by atoms with van der Waals surface area (Å²) in [4.78, 5) is 18.2. The number of anilines is 1. The van der Waals surface area contributed by atoms with Crippen LogP contribution < -0.4 is 4.90 Å². The number of β-amino-alcohol motifs (C(OH)–C–C–N with tert-alkyl or cyclic N) is 1. The predicted molar refractivity (Wildman–Crippen MR) is 115 cm³/mol. The largest absolute Gasteiger partial charge is 0.395 e. The summed E-state index contributed by atoms with van der Waals surface area (Å²) in [6.45, 7) is 8.82. The molecule has 1 spiro atoms. The van der Waals surface area contributed by atoms with E-state index in [1.54, 1.807) is 4.90 Å². The van der Waals surface area contributed by atoms with Gasteiger partial charge in [-0.15, -0.1) is 0 Å². The zero-order valence-corrected chi connectivity index (χ0v) is 17.8. The van der Waals surface area contributed by atoms with Crippen LogP contribution in [0.25, 0.3) is 0 Å². The van der Waals surface area contributed by atoms with Gasteiger partial charge in [0.2, 0.25) is 5.91 Å². The second-order valence-corrected chi connectivity index (χ2v) is 8.69. The van der Waals surface area contributed by atoms with Crippen molar-refractivity contribution in [1.29, 1.82) is 0 Å². The van der Waals surface area contributed by atoms with Crippen LogP contribution in [0.3, 0.4) is 0 Å². The van der Waals surface area contributed by atoms with Crippen LogP contribution in [0, 0.1) is 5.41 Å². The molecular formula is C22H34ClN3O2. The maximum absolute atomic E-state index is 11.8. The van der Waals surface area contributed by atoms with Gasteiger partial charge in [0, 0.05) is 43.3 Å². The van der Waals surface area contributed by atoms with Gasteiger partial charge in [-0.3, -0.25) is 4.79 Å². The Morgan fingerprint density at radius 3 is 2.43 bits per heavy atom. The highest BCUT2D eigenvalue weighted by molar-refractivity contribution is 6.30. The molecule has 4 rings (SSSR count). The molecule has 2 saturated heterocycles. The summed E-state index contributed by atoms with van der Waals surface area (Å²) >= 11 is 5.97. The number of piperidine rings is 1. The van der Waals surface area contributed by atoms with Crippen molar-refractivity contribution in [3.8, 4) is 0 Å². The Balaban J connectivity index is 0.000000188. The number of halogens is 1. The first-order valence-corrected chi connectivity index (χ1v) is 11.0. The number of aliphatic hydroxyl groups is 1. The van der Waals surface area contributed by atoms with E-state index >= 15 is 0 Å². The first kappa shape index (κ1) is 21.4. The summed E-state index contributed by atoms with van der Waals surface area (Å²) in [6, 6.07) is 7.66. The third-order valence-electron chi connectivity index (χ3n) is 6.45. The molecule has 1 aromatic rings. The minimum absolute atomic E-state index is 0.0168. The van der Waals surface area contributed by atoms with Crippen LogP contribution in [0.5, 0.6) is 0 Å². The summed E-state index contributed by atoms with van der Waals surface area (Å²) in [6.07, 6.45) is 6.52. The lowest BCUT2D eigenvalue weighted by molar-refractivity contribution is -0.130. The van der Waals surface area contributed by atoms with E-state index in [0.717, 1.165) is 17.6 Å². The Hall–Kier alpha value is -1.30. The van der Waals surface area contributed by atoms with Crippen LogP contribution in [-0.4, -0.2) is 73.2 Å². The number of carbonyl (C=O) groups excluding carboxylic acids is 1. The van der Waals surface area contributed by atoms with Gasteiger partial charge in [-0.2, -0.15) is 0 Å². The van der Waals surface area contributed by atoms with Crippen LogP contribution in [0.1, 0.15) is 39.0 Å². The second-order valence-electron chi connectivity index (χ2n) is 8.26. The van der Waals surface area contributed by atoms with E-state index in [2.05, 4.69) is 16.7 Å². The number of nitrogens with zero attached hydrogens (tertiary/aromatic N) is 3. The molecule has 3 fully saturated rings. The van der Waals surface area contributed by atoms with Crippen molar-refractivity contribution in [2.45, 2.75) is 39.0 Å². The summed E-state index contributed by atoms with van der Waals surface area (Å²) in [5.41, 5.74) is 1.91. The number of rotatable bonds is 4. The predicted octanol–water partition coefficient (Wildman–Crippen LogP) is 3.25. The highest BCUT2D eigenvalue weighted by Gasteiger charge is 2.43. The Morgan fingerprint density at radius 2 is 1.82 bits per heavy atom. The molecule has 1 saturated carbocycles. The maximum Gasteiger partial charge on any atom is 0.224 e. The van der Waals surface area contributed by atoms with Crippen LogP contribution >= 0.6 is 11.6 Å². The van der Waals surface area contributed by atoms with Gasteiger partial charge in [0.05, 0.1) is 6.61 Å². The van der Waals surface area contributed by atoms with Crippen LogP contribution in [0.4, 0.5) is 5.69 Å². The molecule has 3 aliphatic rings. The molecule has 28 heavy (non-hydrogen) atoms. The molecule has 1 aliphatic carbocycles. The van der Waals surface area contributed by atoms with Crippen LogP contribution in [0.2, 0.25) is 5.02 Å². The Labute approximate surface area is 174 Å². The van der Waals surface area contributed by atoms with E-state index in [1.807, 2.05) is 24.3 Å². The molecule has 1 aromatic carbocycles. The quantitative estimate of drug-likeness (QED) is 0.832. The maximum atomic E-state index is 11.8. The van der Waals surface area contributed by atoms with Crippen molar-refractivity contribution >= 4 is 23.2 Å². The summed E-state index contributed by atoms with van der Waals surface area (Å²) in [5.74, 6) is 0.105. The molecule has 0 aromatic heterocycles. The number of likely N-dealkylation sites (tertiary alicyclic amines) is 1. The van der Waals surface area contributed by atoms with E-state index in [1.165, 1.54) is 45.3 Å². The number of aliphatic hydroxyl groups excluding tert-OH is 1. The highest BCUT2D eigenvalue weighted by atomic mass is 35.5. The fourth-order valence-corrected chi connectivity index (χ4v) is 4.36. The average Bonchev–Trinajstić information content (AvgIpc) is 3.49. The molecule has 0 bridgehead atoms. The Bertz CT molecular complexity index is 640. The SMILES string of the molecule is CCN1CCC2(CC1)CC2.O=C1CCN(c2cccc(Cl)c2)CCN1CCO. The molecule has 0 atom stereocenters. The molecule has 0 unspecified atom stereocenters. The van der Waals surface area contributed by atoms with Crippen LogP contribution in [0.15, 0.2) is 24.3 Å². The zero-order valence-electron chi connectivity index (χ0n) is 17.1. The van der Waals surface area contributed by atoms with Crippen LogP contribution in [-0.2, 0) is 4.79 Å². The molecule has 156 valence electrons. The minimum atomic E-state index is 0.0168. The topological polar surface area (TPSA) is 47.0 Å². The van der Waals surface area contributed by atoms with Gasteiger partial charge >= 0.3 is 0 Å². The summed E-state index contributed by atoms with van der Waals surface area (Å²) in [7, 11) is 0. The van der Waals surface area contributed by atoms with Gasteiger partial charge in [-0.05, 0) is 68.9 Å². The van der Waals surface area contributed by atoms with Gasteiger partial charge in [0.1, 0.15) is 0 Å². The van der Waals surface area contributed by atoms with E-state index in [4.69, 9.17) is 16.7 Å². The van der Waals surface area contributed by atoms with Gasteiger partial charge in [-0.25, -0.2) is 0 Å². The molecule has 0 radical (unpaired) electrons. The smallest absolute Gasteiger partial charge is 0.224 e. The lowest BCUT2D eigenvalue weighted by Crippen LogP contribution is -2.35. The second kappa shape index (κ2) is 9.95.